The van der Waals surface area contributed by atoms with Gasteiger partial charge in [-0.2, -0.15) is 0 Å². The Hall–Kier alpha value is -2.04. The number of anilines is 2. The van der Waals surface area contributed by atoms with E-state index in [9.17, 15) is 9.59 Å². The second-order valence-electron chi connectivity index (χ2n) is 5.04. The van der Waals surface area contributed by atoms with E-state index in [-0.39, 0.29) is 11.7 Å². The van der Waals surface area contributed by atoms with Crippen LogP contribution in [0.15, 0.2) is 18.2 Å². The topological polar surface area (TPSA) is 66.6 Å². The van der Waals surface area contributed by atoms with Crippen LogP contribution in [0.2, 0.25) is 0 Å². The van der Waals surface area contributed by atoms with Gasteiger partial charge in [0.2, 0.25) is 5.91 Å². The van der Waals surface area contributed by atoms with Crippen LogP contribution in [0.4, 0.5) is 11.4 Å². The molecule has 0 spiro atoms. The van der Waals surface area contributed by atoms with Crippen LogP contribution in [-0.2, 0) is 4.79 Å². The number of Topliss-reactive ketones (excluding diaryl/α,β-unsaturated/α-hetero) is 1. The molecule has 5 heteroatoms. The quantitative estimate of drug-likeness (QED) is 0.636. The van der Waals surface area contributed by atoms with Crippen LogP contribution in [0.25, 0.3) is 0 Å². The monoisotopic (exact) mass is 277 g/mol. The molecule has 1 aromatic carbocycles. The van der Waals surface area contributed by atoms with Gasteiger partial charge in [0.1, 0.15) is 0 Å². The number of carbonyl (C=O) groups is 2. The van der Waals surface area contributed by atoms with Crippen molar-refractivity contribution >= 4 is 23.1 Å². The van der Waals surface area contributed by atoms with Crippen LogP contribution in [0, 0.1) is 0 Å². The lowest BCUT2D eigenvalue weighted by atomic mass is 10.1. The number of nitrogen functional groups attached to an aromatic ring is 1. The second-order valence-corrected chi connectivity index (χ2v) is 5.04. The van der Waals surface area contributed by atoms with Gasteiger partial charge in [0.25, 0.3) is 0 Å². The first-order chi connectivity index (χ1) is 9.36. The Labute approximate surface area is 120 Å². The van der Waals surface area contributed by atoms with Gasteiger partial charge in [0.15, 0.2) is 5.78 Å². The molecule has 2 N–H and O–H groups in total. The minimum absolute atomic E-state index is 0.0275. The molecule has 5 nitrogen and oxygen atoms in total. The maximum atomic E-state index is 11.9. The molecule has 0 fully saturated rings. The van der Waals surface area contributed by atoms with E-state index in [1.807, 2.05) is 11.0 Å². The summed E-state index contributed by atoms with van der Waals surface area (Å²) in [5, 5.41) is 0. The second kappa shape index (κ2) is 6.93. The Bertz CT molecular complexity index is 498. The predicted octanol–water partition coefficient (Wildman–Crippen LogP) is 1.78. The Morgan fingerprint density at radius 1 is 1.25 bits per heavy atom. The largest absolute Gasteiger partial charge is 0.398 e. The van der Waals surface area contributed by atoms with Crippen LogP contribution in [0.5, 0.6) is 0 Å². The SMILES string of the molecule is CCCN(CC(=O)N(C)C)c1ccc(N)c(C(C)=O)c1. The normalized spacial score (nSPS) is 10.2. The standard InChI is InChI=1S/C15H23N3O2/c1-5-8-18(10-15(20)17(3)4)12-6-7-14(16)13(9-12)11(2)19/h6-7,9H,5,8,10,16H2,1-4H3. The smallest absolute Gasteiger partial charge is 0.241 e. The van der Waals surface area contributed by atoms with E-state index in [2.05, 4.69) is 6.92 Å². The number of amides is 1. The molecule has 0 unspecified atom stereocenters. The van der Waals surface area contributed by atoms with Gasteiger partial charge in [-0.25, -0.2) is 0 Å². The molecular weight excluding hydrogens is 254 g/mol. The lowest BCUT2D eigenvalue weighted by Crippen LogP contribution is -2.37. The van der Waals surface area contributed by atoms with Crippen molar-refractivity contribution in [2.45, 2.75) is 20.3 Å². The van der Waals surface area contributed by atoms with Crippen LogP contribution in [0.3, 0.4) is 0 Å². The maximum Gasteiger partial charge on any atom is 0.241 e. The summed E-state index contributed by atoms with van der Waals surface area (Å²) in [6.07, 6.45) is 0.917. The summed E-state index contributed by atoms with van der Waals surface area (Å²) >= 11 is 0. The first-order valence-corrected chi connectivity index (χ1v) is 6.72. The Morgan fingerprint density at radius 3 is 2.40 bits per heavy atom. The van der Waals surface area contributed by atoms with Gasteiger partial charge >= 0.3 is 0 Å². The Kier molecular flexibility index (Phi) is 5.55. The van der Waals surface area contributed by atoms with E-state index >= 15 is 0 Å². The minimum Gasteiger partial charge on any atom is -0.398 e. The van der Waals surface area contributed by atoms with Crippen LogP contribution < -0.4 is 10.6 Å². The first kappa shape index (κ1) is 16.0. The number of benzene rings is 1. The van der Waals surface area contributed by atoms with Gasteiger partial charge in [-0.15, -0.1) is 0 Å². The number of rotatable bonds is 6. The third-order valence-electron chi connectivity index (χ3n) is 3.10. The number of likely N-dealkylation sites (N-methyl/N-ethyl adjacent to an activating group) is 1. The van der Waals surface area contributed by atoms with Gasteiger partial charge in [-0.05, 0) is 31.5 Å². The first-order valence-electron chi connectivity index (χ1n) is 6.72. The van der Waals surface area contributed by atoms with Crippen molar-refractivity contribution in [1.29, 1.82) is 0 Å². The van der Waals surface area contributed by atoms with Gasteiger partial charge in [-0.3, -0.25) is 9.59 Å². The molecule has 0 atom stereocenters. The van der Waals surface area contributed by atoms with E-state index in [1.54, 1.807) is 31.1 Å². The summed E-state index contributed by atoms with van der Waals surface area (Å²) in [4.78, 5) is 27.0. The van der Waals surface area contributed by atoms with E-state index in [0.29, 0.717) is 17.8 Å². The Balaban J connectivity index is 3.05. The van der Waals surface area contributed by atoms with Crippen molar-refractivity contribution in [2.24, 2.45) is 0 Å². The fourth-order valence-corrected chi connectivity index (χ4v) is 1.92. The molecule has 20 heavy (non-hydrogen) atoms. The number of carbonyl (C=O) groups excluding carboxylic acids is 2. The zero-order valence-electron chi connectivity index (χ0n) is 12.6. The molecule has 1 rings (SSSR count). The van der Waals surface area contributed by atoms with Crippen LogP contribution in [-0.4, -0.2) is 43.8 Å². The molecule has 0 aliphatic carbocycles. The number of ketones is 1. The molecule has 0 bridgehead atoms. The molecule has 0 aliphatic heterocycles. The minimum atomic E-state index is -0.0697. The summed E-state index contributed by atoms with van der Waals surface area (Å²) in [7, 11) is 3.47. The summed E-state index contributed by atoms with van der Waals surface area (Å²) in [6, 6.07) is 5.32. The Morgan fingerprint density at radius 2 is 1.90 bits per heavy atom. The van der Waals surface area contributed by atoms with Gasteiger partial charge in [-0.1, -0.05) is 6.92 Å². The lowest BCUT2D eigenvalue weighted by Gasteiger charge is -2.26. The molecule has 0 saturated carbocycles. The van der Waals surface area contributed by atoms with Crippen LogP contribution in [0.1, 0.15) is 30.6 Å². The molecular formula is C15H23N3O2. The van der Waals surface area contributed by atoms with E-state index in [0.717, 1.165) is 18.7 Å². The van der Waals surface area contributed by atoms with Crippen LogP contribution >= 0.6 is 0 Å². The third kappa shape index (κ3) is 3.98. The fourth-order valence-electron chi connectivity index (χ4n) is 1.92. The van der Waals surface area contributed by atoms with Gasteiger partial charge < -0.3 is 15.5 Å². The maximum absolute atomic E-state index is 11.9. The van der Waals surface area contributed by atoms with Crippen molar-refractivity contribution in [3.8, 4) is 0 Å². The van der Waals surface area contributed by atoms with Crippen molar-refractivity contribution < 1.29 is 9.59 Å². The van der Waals surface area contributed by atoms with E-state index in [1.165, 1.54) is 6.92 Å². The highest BCUT2D eigenvalue weighted by Gasteiger charge is 2.14. The average Bonchev–Trinajstić information content (AvgIpc) is 2.38. The molecule has 1 aromatic rings. The molecule has 0 aromatic heterocycles. The van der Waals surface area contributed by atoms with Gasteiger partial charge in [0, 0.05) is 37.6 Å². The fraction of sp³-hybridized carbons (Fsp3) is 0.467. The van der Waals surface area contributed by atoms with Crippen molar-refractivity contribution in [2.75, 3.05) is 37.8 Å². The van der Waals surface area contributed by atoms with Crippen molar-refractivity contribution in [1.82, 2.24) is 4.90 Å². The van der Waals surface area contributed by atoms with E-state index in [4.69, 9.17) is 5.73 Å². The number of hydrogen-bond acceptors (Lipinski definition) is 4. The highest BCUT2D eigenvalue weighted by atomic mass is 16.2. The number of hydrogen-bond donors (Lipinski definition) is 1. The third-order valence-corrected chi connectivity index (χ3v) is 3.10. The lowest BCUT2D eigenvalue weighted by molar-refractivity contribution is -0.127. The summed E-state index contributed by atoms with van der Waals surface area (Å²) < 4.78 is 0. The van der Waals surface area contributed by atoms with Crippen molar-refractivity contribution in [3.63, 3.8) is 0 Å². The number of nitrogens with two attached hydrogens (primary N) is 1. The van der Waals surface area contributed by atoms with Gasteiger partial charge in [0.05, 0.1) is 6.54 Å². The molecule has 110 valence electrons. The molecule has 0 aliphatic rings. The van der Waals surface area contributed by atoms with Crippen molar-refractivity contribution in [3.05, 3.63) is 23.8 Å². The molecule has 0 heterocycles. The zero-order valence-corrected chi connectivity index (χ0v) is 12.6. The molecule has 0 saturated heterocycles. The molecule has 0 radical (unpaired) electrons. The highest BCUT2D eigenvalue weighted by molar-refractivity contribution is 6.00. The highest BCUT2D eigenvalue weighted by Crippen LogP contribution is 2.22. The predicted molar refractivity (Wildman–Crippen MR) is 82.1 cm³/mol. The number of nitrogens with zero attached hydrogens (tertiary/aromatic N) is 2. The summed E-state index contributed by atoms with van der Waals surface area (Å²) in [5.74, 6) is -0.0422. The summed E-state index contributed by atoms with van der Waals surface area (Å²) in [5.41, 5.74) is 7.62. The average molecular weight is 277 g/mol. The van der Waals surface area contributed by atoms with E-state index < -0.39 is 0 Å². The zero-order chi connectivity index (χ0) is 15.3. The summed E-state index contributed by atoms with van der Waals surface area (Å²) in [6.45, 7) is 4.59. The molecule has 1 amide bonds.